The smallest absolute Gasteiger partial charge is 0.0984 e. The van der Waals surface area contributed by atoms with Crippen LogP contribution in [0.15, 0.2) is 0 Å². The van der Waals surface area contributed by atoms with E-state index < -0.39 is 0 Å². The predicted molar refractivity (Wildman–Crippen MR) is 78.0 cm³/mol. The minimum atomic E-state index is 0.214. The highest BCUT2D eigenvalue weighted by Crippen LogP contribution is 2.39. The lowest BCUT2D eigenvalue weighted by atomic mass is 9.79. The maximum Gasteiger partial charge on any atom is 0.0984 e. The molecule has 0 unspecified atom stereocenters. The average Bonchev–Trinajstić information content (AvgIpc) is 2.61. The summed E-state index contributed by atoms with van der Waals surface area (Å²) in [5.41, 5.74) is 2.05. The zero-order valence-corrected chi connectivity index (χ0v) is 13.3. The summed E-state index contributed by atoms with van der Waals surface area (Å²) < 4.78 is 0. The van der Waals surface area contributed by atoms with E-state index in [1.54, 1.807) is 4.88 Å². The molecule has 0 bridgehead atoms. The number of hydrogen-bond acceptors (Lipinski definition) is 2. The topological polar surface area (TPSA) is 12.9 Å². The number of fused-ring (bicyclic) bond motifs is 1. The van der Waals surface area contributed by atoms with E-state index in [0.29, 0.717) is 5.41 Å². The molecule has 0 saturated carbocycles. The van der Waals surface area contributed by atoms with Crippen LogP contribution in [0.5, 0.6) is 0 Å². The number of aromatic nitrogens is 1. The molecule has 0 spiro atoms. The molecule has 0 radical (unpaired) electrons. The summed E-state index contributed by atoms with van der Waals surface area (Å²) in [6.07, 6.45) is 3.71. The van der Waals surface area contributed by atoms with Gasteiger partial charge < -0.3 is 0 Å². The quantitative estimate of drug-likeness (QED) is 0.635. The van der Waals surface area contributed by atoms with Crippen molar-refractivity contribution in [3.8, 4) is 0 Å². The lowest BCUT2D eigenvalue weighted by Crippen LogP contribution is -2.21. The van der Waals surface area contributed by atoms with Crippen molar-refractivity contribution in [1.29, 1.82) is 0 Å². The van der Waals surface area contributed by atoms with Crippen LogP contribution in [-0.4, -0.2) is 4.98 Å². The van der Waals surface area contributed by atoms with E-state index in [1.165, 1.54) is 23.5 Å². The SMILES string of the molecule is CC.CC1(C)CCc2sc(C(C)(C)C)nc2C1. The molecule has 0 N–H and O–H groups in total. The van der Waals surface area contributed by atoms with E-state index in [2.05, 4.69) is 34.6 Å². The Morgan fingerprint density at radius 1 is 1.18 bits per heavy atom. The van der Waals surface area contributed by atoms with Gasteiger partial charge in [0.25, 0.3) is 0 Å². The second kappa shape index (κ2) is 5.09. The maximum atomic E-state index is 4.84. The van der Waals surface area contributed by atoms with Crippen molar-refractivity contribution in [3.05, 3.63) is 15.6 Å². The molecule has 0 fully saturated rings. The van der Waals surface area contributed by atoms with Crippen molar-refractivity contribution in [1.82, 2.24) is 4.98 Å². The first-order valence-corrected chi connectivity index (χ1v) is 7.59. The van der Waals surface area contributed by atoms with Crippen LogP contribution in [0.2, 0.25) is 0 Å². The third kappa shape index (κ3) is 3.54. The van der Waals surface area contributed by atoms with Gasteiger partial charge in [0, 0.05) is 10.3 Å². The van der Waals surface area contributed by atoms with Crippen LogP contribution >= 0.6 is 11.3 Å². The molecule has 2 rings (SSSR count). The Kier molecular flexibility index (Phi) is 4.40. The fourth-order valence-corrected chi connectivity index (χ4v) is 3.17. The van der Waals surface area contributed by atoms with E-state index in [9.17, 15) is 0 Å². The minimum Gasteiger partial charge on any atom is -0.245 e. The van der Waals surface area contributed by atoms with Crippen LogP contribution in [0.3, 0.4) is 0 Å². The zero-order chi connectivity index (χ0) is 13.3. The molecule has 1 heterocycles. The number of thiazole rings is 1. The highest BCUT2D eigenvalue weighted by molar-refractivity contribution is 7.11. The largest absolute Gasteiger partial charge is 0.245 e. The van der Waals surface area contributed by atoms with E-state index in [1.807, 2.05) is 25.2 Å². The monoisotopic (exact) mass is 253 g/mol. The summed E-state index contributed by atoms with van der Waals surface area (Å²) in [6, 6.07) is 0. The second-order valence-corrected chi connectivity index (χ2v) is 7.56. The minimum absolute atomic E-state index is 0.214. The first-order valence-electron chi connectivity index (χ1n) is 6.77. The van der Waals surface area contributed by atoms with Crippen LogP contribution in [0, 0.1) is 5.41 Å². The highest BCUT2D eigenvalue weighted by atomic mass is 32.1. The molecule has 1 aliphatic carbocycles. The molecule has 17 heavy (non-hydrogen) atoms. The molecular weight excluding hydrogens is 226 g/mol. The van der Waals surface area contributed by atoms with Crippen molar-refractivity contribution in [2.75, 3.05) is 0 Å². The Bertz CT molecular complexity index is 369. The second-order valence-electron chi connectivity index (χ2n) is 6.48. The van der Waals surface area contributed by atoms with Gasteiger partial charge in [-0.2, -0.15) is 0 Å². The van der Waals surface area contributed by atoms with E-state index in [0.717, 1.165) is 6.42 Å². The molecule has 1 nitrogen and oxygen atoms in total. The van der Waals surface area contributed by atoms with Crippen molar-refractivity contribution in [3.63, 3.8) is 0 Å². The molecule has 0 amide bonds. The number of aryl methyl sites for hydroxylation is 1. The van der Waals surface area contributed by atoms with Crippen molar-refractivity contribution < 1.29 is 0 Å². The Labute approximate surface area is 111 Å². The molecule has 0 atom stereocenters. The Hall–Kier alpha value is -0.370. The van der Waals surface area contributed by atoms with Crippen LogP contribution in [0.4, 0.5) is 0 Å². The summed E-state index contributed by atoms with van der Waals surface area (Å²) in [5.74, 6) is 0. The van der Waals surface area contributed by atoms with Crippen LogP contribution < -0.4 is 0 Å². The molecule has 98 valence electrons. The van der Waals surface area contributed by atoms with Crippen molar-refractivity contribution in [2.24, 2.45) is 5.41 Å². The van der Waals surface area contributed by atoms with Crippen LogP contribution in [0.1, 0.15) is 70.5 Å². The van der Waals surface area contributed by atoms with Gasteiger partial charge in [-0.15, -0.1) is 11.3 Å². The summed E-state index contributed by atoms with van der Waals surface area (Å²) in [7, 11) is 0. The van der Waals surface area contributed by atoms with Gasteiger partial charge in [-0.1, -0.05) is 48.5 Å². The Morgan fingerprint density at radius 3 is 2.29 bits per heavy atom. The zero-order valence-electron chi connectivity index (χ0n) is 12.5. The molecule has 0 aliphatic heterocycles. The highest BCUT2D eigenvalue weighted by Gasteiger charge is 2.30. The molecule has 1 aromatic rings. The molecule has 0 aromatic carbocycles. The van der Waals surface area contributed by atoms with Crippen LogP contribution in [0.25, 0.3) is 0 Å². The first kappa shape index (κ1) is 14.7. The standard InChI is InChI=1S/C13H21NS.C2H6/c1-12(2,3)11-14-9-8-13(4,5)7-6-10(9)15-11;1-2/h6-8H2,1-5H3;1-2H3. The van der Waals surface area contributed by atoms with Crippen molar-refractivity contribution >= 4 is 11.3 Å². The summed E-state index contributed by atoms with van der Waals surface area (Å²) >= 11 is 1.93. The van der Waals surface area contributed by atoms with Gasteiger partial charge in [-0.25, -0.2) is 4.98 Å². The lowest BCUT2D eigenvalue weighted by Gasteiger charge is -2.28. The average molecular weight is 253 g/mol. The maximum absolute atomic E-state index is 4.84. The number of nitrogens with zero attached hydrogens (tertiary/aromatic N) is 1. The lowest BCUT2D eigenvalue weighted by molar-refractivity contribution is 0.313. The van der Waals surface area contributed by atoms with E-state index in [-0.39, 0.29) is 5.41 Å². The van der Waals surface area contributed by atoms with Gasteiger partial charge in [0.1, 0.15) is 0 Å². The van der Waals surface area contributed by atoms with Gasteiger partial charge in [-0.3, -0.25) is 0 Å². The van der Waals surface area contributed by atoms with Gasteiger partial charge in [0.15, 0.2) is 0 Å². The fourth-order valence-electron chi connectivity index (χ4n) is 2.03. The fraction of sp³-hybridized carbons (Fsp3) is 0.800. The van der Waals surface area contributed by atoms with Gasteiger partial charge >= 0.3 is 0 Å². The molecular formula is C15H27NS. The Morgan fingerprint density at radius 2 is 1.76 bits per heavy atom. The third-order valence-electron chi connectivity index (χ3n) is 3.09. The van der Waals surface area contributed by atoms with Gasteiger partial charge in [0.05, 0.1) is 10.7 Å². The Balaban J connectivity index is 0.000000686. The molecule has 0 saturated heterocycles. The number of rotatable bonds is 0. The van der Waals surface area contributed by atoms with Crippen molar-refractivity contribution in [2.45, 2.75) is 73.1 Å². The predicted octanol–water partition coefficient (Wildman–Crippen LogP) is 4.98. The summed E-state index contributed by atoms with van der Waals surface area (Å²) in [5, 5.41) is 1.31. The third-order valence-corrected chi connectivity index (χ3v) is 4.68. The van der Waals surface area contributed by atoms with E-state index in [4.69, 9.17) is 4.98 Å². The van der Waals surface area contributed by atoms with Gasteiger partial charge in [0.2, 0.25) is 0 Å². The normalized spacial score (nSPS) is 18.1. The molecule has 1 aliphatic rings. The summed E-state index contributed by atoms with van der Waals surface area (Å²) in [6.45, 7) is 15.5. The first-order chi connectivity index (χ1) is 7.78. The summed E-state index contributed by atoms with van der Waals surface area (Å²) in [4.78, 5) is 6.38. The van der Waals surface area contributed by atoms with E-state index >= 15 is 0 Å². The molecule has 1 aromatic heterocycles. The van der Waals surface area contributed by atoms with Crippen LogP contribution in [-0.2, 0) is 18.3 Å². The van der Waals surface area contributed by atoms with Gasteiger partial charge in [-0.05, 0) is 24.7 Å². The molecule has 2 heteroatoms. The number of hydrogen-bond donors (Lipinski definition) is 0.